The van der Waals surface area contributed by atoms with E-state index in [0.717, 1.165) is 12.8 Å². The first kappa shape index (κ1) is 15.5. The SMILES string of the molecule is O=C(CN(CCO)C1CCC1)Nc1ncc(Cl)cc1Cl. The van der Waals surface area contributed by atoms with E-state index < -0.39 is 0 Å². The molecule has 1 heterocycles. The second-order valence-corrected chi connectivity index (χ2v) is 5.65. The van der Waals surface area contributed by atoms with Crippen molar-refractivity contribution in [3.8, 4) is 0 Å². The number of carbonyl (C=O) groups excluding carboxylic acids is 1. The van der Waals surface area contributed by atoms with Gasteiger partial charge in [-0.2, -0.15) is 0 Å². The lowest BCUT2D eigenvalue weighted by molar-refractivity contribution is -0.118. The summed E-state index contributed by atoms with van der Waals surface area (Å²) in [6.07, 6.45) is 4.76. The van der Waals surface area contributed by atoms with E-state index in [2.05, 4.69) is 10.3 Å². The number of pyridine rings is 1. The van der Waals surface area contributed by atoms with Gasteiger partial charge in [0.25, 0.3) is 0 Å². The Hall–Kier alpha value is -0.880. The van der Waals surface area contributed by atoms with Crippen LogP contribution in [-0.2, 0) is 4.79 Å². The van der Waals surface area contributed by atoms with E-state index in [4.69, 9.17) is 28.3 Å². The standard InChI is InChI=1S/C13H17Cl2N3O2/c14-9-6-11(15)13(16-7-9)17-12(20)8-18(4-5-19)10-2-1-3-10/h6-7,10,19H,1-5,8H2,(H,16,17,20). The molecule has 1 fully saturated rings. The second kappa shape index (κ2) is 7.22. The minimum atomic E-state index is -0.193. The van der Waals surface area contributed by atoms with Crippen molar-refractivity contribution in [3.05, 3.63) is 22.3 Å². The molecule has 110 valence electrons. The van der Waals surface area contributed by atoms with E-state index in [1.165, 1.54) is 18.7 Å². The van der Waals surface area contributed by atoms with Crippen molar-refractivity contribution < 1.29 is 9.90 Å². The van der Waals surface area contributed by atoms with Crippen LogP contribution in [0.5, 0.6) is 0 Å². The van der Waals surface area contributed by atoms with Crippen LogP contribution in [0.25, 0.3) is 0 Å². The van der Waals surface area contributed by atoms with Crippen LogP contribution in [0.4, 0.5) is 5.82 Å². The van der Waals surface area contributed by atoms with Crippen molar-refractivity contribution in [3.63, 3.8) is 0 Å². The smallest absolute Gasteiger partial charge is 0.239 e. The van der Waals surface area contributed by atoms with Gasteiger partial charge in [0.15, 0.2) is 5.82 Å². The number of rotatable bonds is 6. The number of nitrogens with one attached hydrogen (secondary N) is 1. The van der Waals surface area contributed by atoms with Gasteiger partial charge < -0.3 is 10.4 Å². The van der Waals surface area contributed by atoms with Crippen molar-refractivity contribution in [2.24, 2.45) is 0 Å². The molecule has 0 aliphatic heterocycles. The maximum Gasteiger partial charge on any atom is 0.239 e. The molecule has 0 saturated heterocycles. The van der Waals surface area contributed by atoms with E-state index in [-0.39, 0.29) is 19.1 Å². The molecule has 0 spiro atoms. The molecule has 5 nitrogen and oxygen atoms in total. The molecule has 1 aromatic heterocycles. The summed E-state index contributed by atoms with van der Waals surface area (Å²) in [5.74, 6) is 0.112. The first-order chi connectivity index (χ1) is 9.60. The maximum absolute atomic E-state index is 12.0. The Morgan fingerprint density at radius 2 is 2.25 bits per heavy atom. The molecule has 1 amide bonds. The molecule has 0 radical (unpaired) electrons. The van der Waals surface area contributed by atoms with Crippen LogP contribution in [0.2, 0.25) is 10.0 Å². The van der Waals surface area contributed by atoms with Gasteiger partial charge in [-0.1, -0.05) is 29.6 Å². The lowest BCUT2D eigenvalue weighted by atomic mass is 9.91. The minimum Gasteiger partial charge on any atom is -0.395 e. The zero-order valence-electron chi connectivity index (χ0n) is 11.0. The van der Waals surface area contributed by atoms with Crippen molar-refractivity contribution in [1.29, 1.82) is 0 Å². The molecule has 0 bridgehead atoms. The summed E-state index contributed by atoms with van der Waals surface area (Å²) in [4.78, 5) is 18.0. The largest absolute Gasteiger partial charge is 0.395 e. The zero-order chi connectivity index (χ0) is 14.5. The molecule has 1 aromatic rings. The van der Waals surface area contributed by atoms with Crippen LogP contribution in [0.1, 0.15) is 19.3 Å². The van der Waals surface area contributed by atoms with E-state index in [9.17, 15) is 4.79 Å². The quantitative estimate of drug-likeness (QED) is 0.844. The van der Waals surface area contributed by atoms with E-state index in [1.54, 1.807) is 0 Å². The van der Waals surface area contributed by atoms with Crippen molar-refractivity contribution in [1.82, 2.24) is 9.88 Å². The fourth-order valence-electron chi connectivity index (χ4n) is 2.13. The number of nitrogens with zero attached hydrogens (tertiary/aromatic N) is 2. The van der Waals surface area contributed by atoms with Gasteiger partial charge in [0, 0.05) is 18.8 Å². The summed E-state index contributed by atoms with van der Waals surface area (Å²) in [5, 5.41) is 12.5. The van der Waals surface area contributed by atoms with Crippen LogP contribution in [0, 0.1) is 0 Å². The van der Waals surface area contributed by atoms with Gasteiger partial charge in [0.2, 0.25) is 5.91 Å². The first-order valence-electron chi connectivity index (χ1n) is 6.56. The molecule has 2 N–H and O–H groups in total. The summed E-state index contributed by atoms with van der Waals surface area (Å²) in [7, 11) is 0. The molecule has 20 heavy (non-hydrogen) atoms. The third kappa shape index (κ3) is 4.06. The number of amides is 1. The van der Waals surface area contributed by atoms with Crippen LogP contribution < -0.4 is 5.32 Å². The molecular formula is C13H17Cl2N3O2. The number of halogens is 2. The van der Waals surface area contributed by atoms with Gasteiger partial charge in [-0.05, 0) is 18.9 Å². The molecule has 1 saturated carbocycles. The van der Waals surface area contributed by atoms with Gasteiger partial charge in [0.05, 0.1) is 23.2 Å². The molecule has 0 unspecified atom stereocenters. The summed E-state index contributed by atoms with van der Waals surface area (Å²) in [6, 6.07) is 1.92. The number of anilines is 1. The predicted molar refractivity (Wildman–Crippen MR) is 79.2 cm³/mol. The number of hydrogen-bond donors (Lipinski definition) is 2. The average Bonchev–Trinajstić information content (AvgIpc) is 2.31. The number of carbonyl (C=O) groups is 1. The third-order valence-corrected chi connectivity index (χ3v) is 3.89. The summed E-state index contributed by atoms with van der Waals surface area (Å²) < 4.78 is 0. The maximum atomic E-state index is 12.0. The topological polar surface area (TPSA) is 65.5 Å². The Morgan fingerprint density at radius 1 is 1.50 bits per heavy atom. The highest BCUT2D eigenvalue weighted by molar-refractivity contribution is 6.36. The minimum absolute atomic E-state index is 0.0454. The normalized spacial score (nSPS) is 15.2. The average molecular weight is 318 g/mol. The van der Waals surface area contributed by atoms with Gasteiger partial charge in [-0.3, -0.25) is 9.69 Å². The van der Waals surface area contributed by atoms with Crippen molar-refractivity contribution in [2.75, 3.05) is 25.0 Å². The molecule has 0 aromatic carbocycles. The Balaban J connectivity index is 1.93. The number of aliphatic hydroxyl groups is 1. The highest BCUT2D eigenvalue weighted by Gasteiger charge is 2.26. The monoisotopic (exact) mass is 317 g/mol. The summed E-state index contributed by atoms with van der Waals surface area (Å²) >= 11 is 11.7. The predicted octanol–water partition coefficient (Wildman–Crippen LogP) is 2.17. The van der Waals surface area contributed by atoms with E-state index >= 15 is 0 Å². The van der Waals surface area contributed by atoms with E-state index in [0.29, 0.717) is 28.4 Å². The van der Waals surface area contributed by atoms with Gasteiger partial charge >= 0.3 is 0 Å². The third-order valence-electron chi connectivity index (χ3n) is 3.39. The number of aliphatic hydroxyl groups excluding tert-OH is 1. The Labute approximate surface area is 127 Å². The zero-order valence-corrected chi connectivity index (χ0v) is 12.5. The summed E-state index contributed by atoms with van der Waals surface area (Å²) in [5.41, 5.74) is 0. The number of aromatic nitrogens is 1. The summed E-state index contributed by atoms with van der Waals surface area (Å²) in [6.45, 7) is 0.773. The molecule has 2 rings (SSSR count). The fraction of sp³-hybridized carbons (Fsp3) is 0.538. The van der Waals surface area contributed by atoms with Gasteiger partial charge in [0.1, 0.15) is 0 Å². The molecule has 7 heteroatoms. The molecular weight excluding hydrogens is 301 g/mol. The number of hydrogen-bond acceptors (Lipinski definition) is 4. The Kier molecular flexibility index (Phi) is 5.60. The Bertz CT molecular complexity index is 481. The van der Waals surface area contributed by atoms with Crippen molar-refractivity contribution >= 4 is 34.9 Å². The van der Waals surface area contributed by atoms with Crippen LogP contribution in [0.3, 0.4) is 0 Å². The molecule has 0 atom stereocenters. The molecule has 1 aliphatic carbocycles. The van der Waals surface area contributed by atoms with Crippen LogP contribution in [0.15, 0.2) is 12.3 Å². The highest BCUT2D eigenvalue weighted by atomic mass is 35.5. The van der Waals surface area contributed by atoms with E-state index in [1.807, 2.05) is 4.90 Å². The van der Waals surface area contributed by atoms with Crippen molar-refractivity contribution in [2.45, 2.75) is 25.3 Å². The highest BCUT2D eigenvalue weighted by Crippen LogP contribution is 2.25. The second-order valence-electron chi connectivity index (χ2n) is 4.81. The van der Waals surface area contributed by atoms with Crippen LogP contribution >= 0.6 is 23.2 Å². The molecule has 1 aliphatic rings. The first-order valence-corrected chi connectivity index (χ1v) is 7.31. The van der Waals surface area contributed by atoms with Gasteiger partial charge in [-0.15, -0.1) is 0 Å². The van der Waals surface area contributed by atoms with Crippen LogP contribution in [-0.4, -0.2) is 46.6 Å². The lowest BCUT2D eigenvalue weighted by Gasteiger charge is -2.36. The lowest BCUT2D eigenvalue weighted by Crippen LogP contribution is -2.45. The van der Waals surface area contributed by atoms with Gasteiger partial charge in [-0.25, -0.2) is 4.98 Å². The fourth-order valence-corrected chi connectivity index (χ4v) is 2.56. The Morgan fingerprint density at radius 3 is 2.80 bits per heavy atom.